The minimum Gasteiger partial charge on any atom is -1.00 e. The molecular weight excluding hydrogens is 847 g/mol. The summed E-state index contributed by atoms with van der Waals surface area (Å²) in [5, 5.41) is 5.30. The van der Waals surface area contributed by atoms with Crippen molar-refractivity contribution in [3.05, 3.63) is 0 Å². The standard InChI is InChI=1S/C50H100N4O4.HI/c1-10-12-14-16-18-20-22-24-26-28-30-32-34-36-38-40-43-54(9,44-41-39-37-35-33-31-29-27-25-23-21-19-17-15-13-11-2)45-42-51-46(52-47(55)57-49(3,4)5)53-48(56)58-50(6,7)8;/h10-45H2,1-9H3,(H-,51,52,53,55,56);1H. The van der Waals surface area contributed by atoms with Gasteiger partial charge in [-0.15, -0.1) is 0 Å². The SMILES string of the molecule is CCCCCCCCCCCCCCCCCC[N+](C)(CCCCCCCCCCCCCCCCCC)CCN=C(NC(=O)OC(C)(C)C)NC(=O)OC(C)(C)C.[I-]. The fraction of sp³-hybridized carbons (Fsp3) is 0.940. The highest BCUT2D eigenvalue weighted by molar-refractivity contribution is 6.01. The summed E-state index contributed by atoms with van der Waals surface area (Å²) in [5.74, 6) is 0.0693. The van der Waals surface area contributed by atoms with Crippen LogP contribution in [0, 0.1) is 0 Å². The predicted molar refractivity (Wildman–Crippen MR) is 251 cm³/mol. The number of aliphatic imine (C=N–C) groups is 1. The number of quaternary nitrogens is 1. The zero-order valence-electron chi connectivity index (χ0n) is 40.9. The van der Waals surface area contributed by atoms with Crippen LogP contribution < -0.4 is 34.6 Å². The highest BCUT2D eigenvalue weighted by Crippen LogP contribution is 2.18. The molecule has 9 heteroatoms. The minimum absolute atomic E-state index is 0. The van der Waals surface area contributed by atoms with Gasteiger partial charge in [0.1, 0.15) is 11.2 Å². The third-order valence-corrected chi connectivity index (χ3v) is 11.3. The summed E-state index contributed by atoms with van der Waals surface area (Å²) in [7, 11) is 2.37. The van der Waals surface area contributed by atoms with Gasteiger partial charge in [0.2, 0.25) is 5.96 Å². The predicted octanol–water partition coefficient (Wildman–Crippen LogP) is 12.4. The lowest BCUT2D eigenvalue weighted by Crippen LogP contribution is -3.00. The average molecular weight is 949 g/mol. The number of likely N-dealkylation sites (N-methyl/N-ethyl adjacent to an activating group) is 1. The maximum absolute atomic E-state index is 12.6. The summed E-state index contributed by atoms with van der Waals surface area (Å²) in [6.45, 7) is 19.0. The second kappa shape index (κ2) is 39.7. The lowest BCUT2D eigenvalue weighted by atomic mass is 10.0. The molecule has 59 heavy (non-hydrogen) atoms. The van der Waals surface area contributed by atoms with Gasteiger partial charge in [-0.1, -0.05) is 194 Å². The summed E-state index contributed by atoms with van der Waals surface area (Å²) in [4.78, 5) is 30.0. The second-order valence-corrected chi connectivity index (χ2v) is 19.9. The second-order valence-electron chi connectivity index (χ2n) is 19.9. The monoisotopic (exact) mass is 949 g/mol. The topological polar surface area (TPSA) is 89.0 Å². The lowest BCUT2D eigenvalue weighted by molar-refractivity contribution is -0.908. The number of nitrogens with zero attached hydrogens (tertiary/aromatic N) is 2. The molecule has 0 aliphatic heterocycles. The normalized spacial score (nSPS) is 11.9. The number of hydrogen-bond acceptors (Lipinski definition) is 5. The molecule has 0 aromatic heterocycles. The Morgan fingerprint density at radius 2 is 0.661 bits per heavy atom. The Bertz CT molecular complexity index is 926. The Morgan fingerprint density at radius 3 is 0.898 bits per heavy atom. The number of rotatable bonds is 37. The van der Waals surface area contributed by atoms with Gasteiger partial charge in [-0.2, -0.15) is 0 Å². The maximum atomic E-state index is 12.6. The zero-order valence-corrected chi connectivity index (χ0v) is 43.0. The van der Waals surface area contributed by atoms with Gasteiger partial charge < -0.3 is 37.9 Å². The summed E-state index contributed by atoms with van der Waals surface area (Å²) in [6, 6.07) is 0. The van der Waals surface area contributed by atoms with Crippen molar-refractivity contribution in [1.82, 2.24) is 10.6 Å². The van der Waals surface area contributed by atoms with E-state index in [1.165, 1.54) is 205 Å². The number of unbranched alkanes of at least 4 members (excludes halogenated alkanes) is 30. The number of halogens is 1. The van der Waals surface area contributed by atoms with Gasteiger partial charge in [0.15, 0.2) is 0 Å². The number of carbonyl (C=O) groups is 2. The molecule has 0 aliphatic carbocycles. The number of guanidine groups is 1. The van der Waals surface area contributed by atoms with Crippen molar-refractivity contribution in [3.63, 3.8) is 0 Å². The van der Waals surface area contributed by atoms with Crippen LogP contribution in [-0.2, 0) is 9.47 Å². The molecule has 0 rings (SSSR count). The highest BCUT2D eigenvalue weighted by atomic mass is 127. The van der Waals surface area contributed by atoms with Crippen molar-refractivity contribution in [2.45, 2.75) is 272 Å². The van der Waals surface area contributed by atoms with E-state index < -0.39 is 23.4 Å². The van der Waals surface area contributed by atoms with E-state index in [1.54, 1.807) is 0 Å². The molecule has 0 aromatic rings. The van der Waals surface area contributed by atoms with Gasteiger partial charge in [-0.05, 0) is 67.2 Å². The Morgan fingerprint density at radius 1 is 0.424 bits per heavy atom. The molecule has 8 nitrogen and oxygen atoms in total. The van der Waals surface area contributed by atoms with Crippen LogP contribution >= 0.6 is 0 Å². The number of carbonyl (C=O) groups excluding carboxylic acids is 2. The molecule has 0 unspecified atom stereocenters. The van der Waals surface area contributed by atoms with Crippen molar-refractivity contribution in [2.24, 2.45) is 4.99 Å². The number of ether oxygens (including phenoxy) is 2. The first-order chi connectivity index (χ1) is 27.7. The van der Waals surface area contributed by atoms with Crippen LogP contribution in [0.4, 0.5) is 9.59 Å². The molecule has 0 fully saturated rings. The third-order valence-electron chi connectivity index (χ3n) is 11.3. The van der Waals surface area contributed by atoms with E-state index in [1.807, 2.05) is 41.5 Å². The molecule has 0 saturated heterocycles. The van der Waals surface area contributed by atoms with Gasteiger partial charge in [0, 0.05) is 0 Å². The fourth-order valence-electron chi connectivity index (χ4n) is 7.73. The molecule has 0 heterocycles. The van der Waals surface area contributed by atoms with Gasteiger partial charge in [-0.25, -0.2) is 14.6 Å². The number of alkyl carbamates (subject to hydrolysis) is 2. The fourth-order valence-corrected chi connectivity index (χ4v) is 7.73. The van der Waals surface area contributed by atoms with Gasteiger partial charge in [-0.3, -0.25) is 10.6 Å². The van der Waals surface area contributed by atoms with E-state index in [-0.39, 0.29) is 29.9 Å². The van der Waals surface area contributed by atoms with E-state index >= 15 is 0 Å². The maximum Gasteiger partial charge on any atom is 0.414 e. The van der Waals surface area contributed by atoms with Crippen LogP contribution in [-0.4, -0.2) is 67.1 Å². The van der Waals surface area contributed by atoms with Crippen LogP contribution in [0.2, 0.25) is 0 Å². The van der Waals surface area contributed by atoms with Gasteiger partial charge in [0.05, 0.1) is 33.2 Å². The molecule has 0 aromatic carbocycles. The first-order valence-corrected chi connectivity index (χ1v) is 25.1. The zero-order chi connectivity index (χ0) is 43.2. The summed E-state index contributed by atoms with van der Waals surface area (Å²) < 4.78 is 11.9. The molecule has 2 amide bonds. The third kappa shape index (κ3) is 44.8. The molecule has 0 saturated carbocycles. The molecule has 0 atom stereocenters. The number of hydrogen-bond donors (Lipinski definition) is 2. The molecule has 0 aliphatic rings. The van der Waals surface area contributed by atoms with Crippen molar-refractivity contribution in [1.29, 1.82) is 0 Å². The molecular formula is C50H101IN4O4. The number of amides is 2. The Balaban J connectivity index is 0. The largest absolute Gasteiger partial charge is 1.00 e. The van der Waals surface area contributed by atoms with Crippen LogP contribution in [0.25, 0.3) is 0 Å². The first kappa shape index (κ1) is 60.0. The Kier molecular flexibility index (Phi) is 40.4. The van der Waals surface area contributed by atoms with E-state index in [9.17, 15) is 9.59 Å². The van der Waals surface area contributed by atoms with Crippen molar-refractivity contribution in [3.8, 4) is 0 Å². The van der Waals surface area contributed by atoms with E-state index in [4.69, 9.17) is 9.47 Å². The lowest BCUT2D eigenvalue weighted by Gasteiger charge is -2.34. The van der Waals surface area contributed by atoms with Crippen LogP contribution in [0.15, 0.2) is 4.99 Å². The quantitative estimate of drug-likeness (QED) is 0.0213. The Hall–Kier alpha value is -1.10. The molecule has 0 bridgehead atoms. The molecule has 0 spiro atoms. The smallest absolute Gasteiger partial charge is 0.414 e. The van der Waals surface area contributed by atoms with Gasteiger partial charge in [0.25, 0.3) is 0 Å². The molecule has 0 radical (unpaired) electrons. The summed E-state index contributed by atoms with van der Waals surface area (Å²) in [6.07, 6.45) is 42.8. The molecule has 2 N–H and O–H groups in total. The molecule has 352 valence electrons. The minimum atomic E-state index is -0.670. The van der Waals surface area contributed by atoms with Crippen LogP contribution in [0.1, 0.15) is 261 Å². The van der Waals surface area contributed by atoms with Crippen molar-refractivity contribution >= 4 is 18.1 Å². The Labute approximate surface area is 384 Å². The van der Waals surface area contributed by atoms with Crippen molar-refractivity contribution in [2.75, 3.05) is 33.2 Å². The average Bonchev–Trinajstić information content (AvgIpc) is 3.13. The summed E-state index contributed by atoms with van der Waals surface area (Å²) in [5.41, 5.74) is -1.34. The highest BCUT2D eigenvalue weighted by Gasteiger charge is 2.23. The van der Waals surface area contributed by atoms with Crippen LogP contribution in [0.5, 0.6) is 0 Å². The van der Waals surface area contributed by atoms with E-state index in [2.05, 4.69) is 36.5 Å². The van der Waals surface area contributed by atoms with E-state index in [0.717, 1.165) is 24.1 Å². The first-order valence-electron chi connectivity index (χ1n) is 25.1. The number of nitrogens with one attached hydrogen (secondary N) is 2. The van der Waals surface area contributed by atoms with Crippen molar-refractivity contribution < 1.29 is 47.5 Å². The van der Waals surface area contributed by atoms with Crippen LogP contribution in [0.3, 0.4) is 0 Å². The summed E-state index contributed by atoms with van der Waals surface area (Å²) >= 11 is 0. The van der Waals surface area contributed by atoms with Gasteiger partial charge >= 0.3 is 12.2 Å². The van der Waals surface area contributed by atoms with E-state index in [0.29, 0.717) is 6.54 Å².